The van der Waals surface area contributed by atoms with Crippen LogP contribution in [0.2, 0.25) is 0 Å². The average Bonchev–Trinajstić information content (AvgIpc) is 3.16. The molecular weight excluding hydrogens is 364 g/mol. The van der Waals surface area contributed by atoms with E-state index in [0.29, 0.717) is 25.0 Å². The third-order valence-electron chi connectivity index (χ3n) is 5.48. The number of carbonyl (C=O) groups is 2. The van der Waals surface area contributed by atoms with E-state index >= 15 is 0 Å². The molecule has 0 radical (unpaired) electrons. The van der Waals surface area contributed by atoms with Crippen LogP contribution in [-0.4, -0.2) is 26.8 Å². The van der Waals surface area contributed by atoms with E-state index in [4.69, 9.17) is 5.11 Å². The second-order valence-corrected chi connectivity index (χ2v) is 8.11. The number of imidazole rings is 1. The second-order valence-electron chi connectivity index (χ2n) is 8.11. The molecule has 0 aliphatic rings. The SMILES string of the molecule is O=C(O)CCCCCCCCCCCCCCC(=O)Cc1ccc2nc[nH]c2c1. The number of H-pyrrole nitrogens is 1. The largest absolute Gasteiger partial charge is 0.481 e. The number of nitrogens with one attached hydrogen (secondary N) is 1. The van der Waals surface area contributed by atoms with Gasteiger partial charge in [-0.25, -0.2) is 4.98 Å². The van der Waals surface area contributed by atoms with Gasteiger partial charge in [-0.2, -0.15) is 0 Å². The normalized spacial score (nSPS) is 11.2. The fraction of sp³-hybridized carbons (Fsp3) is 0.625. The van der Waals surface area contributed by atoms with Gasteiger partial charge in [-0.05, 0) is 30.5 Å². The molecule has 0 atom stereocenters. The molecule has 1 heterocycles. The van der Waals surface area contributed by atoms with E-state index < -0.39 is 5.97 Å². The van der Waals surface area contributed by atoms with Crippen molar-refractivity contribution in [1.82, 2.24) is 9.97 Å². The van der Waals surface area contributed by atoms with Crippen LogP contribution in [0.25, 0.3) is 11.0 Å². The number of hydrogen-bond acceptors (Lipinski definition) is 3. The van der Waals surface area contributed by atoms with Gasteiger partial charge in [0.05, 0.1) is 17.4 Å². The number of benzene rings is 1. The standard InChI is InChI=1S/C24H36N2O3/c27-21(17-20-15-16-22-23(18-20)26-19-25-22)13-11-9-7-5-3-1-2-4-6-8-10-12-14-24(28)29/h15-16,18-19H,1-14,17H2,(H,25,26)(H,28,29). The summed E-state index contributed by atoms with van der Waals surface area (Å²) < 4.78 is 0. The van der Waals surface area contributed by atoms with Crippen molar-refractivity contribution in [2.75, 3.05) is 0 Å². The molecule has 29 heavy (non-hydrogen) atoms. The number of aromatic nitrogens is 2. The lowest BCUT2D eigenvalue weighted by molar-refractivity contribution is -0.137. The van der Waals surface area contributed by atoms with Gasteiger partial charge in [-0.3, -0.25) is 9.59 Å². The summed E-state index contributed by atoms with van der Waals surface area (Å²) in [6, 6.07) is 5.99. The molecule has 2 rings (SSSR count). The second kappa shape index (κ2) is 13.9. The van der Waals surface area contributed by atoms with Crippen molar-refractivity contribution in [3.8, 4) is 0 Å². The lowest BCUT2D eigenvalue weighted by Crippen LogP contribution is -2.02. The molecule has 2 N–H and O–H groups in total. The molecule has 0 spiro atoms. The molecule has 0 fully saturated rings. The molecule has 0 bridgehead atoms. The molecule has 0 amide bonds. The van der Waals surface area contributed by atoms with Crippen molar-refractivity contribution in [3.63, 3.8) is 0 Å². The molecule has 1 aromatic carbocycles. The number of hydrogen-bond donors (Lipinski definition) is 2. The topological polar surface area (TPSA) is 83.0 Å². The maximum absolute atomic E-state index is 12.2. The Bertz CT molecular complexity index is 739. The monoisotopic (exact) mass is 400 g/mol. The first-order valence-corrected chi connectivity index (χ1v) is 11.3. The first-order chi connectivity index (χ1) is 14.1. The molecule has 0 saturated carbocycles. The van der Waals surface area contributed by atoms with E-state index in [2.05, 4.69) is 9.97 Å². The molecule has 5 heteroatoms. The van der Waals surface area contributed by atoms with Gasteiger partial charge in [-0.15, -0.1) is 0 Å². The van der Waals surface area contributed by atoms with Gasteiger partial charge >= 0.3 is 5.97 Å². The van der Waals surface area contributed by atoms with Gasteiger partial charge in [-0.1, -0.05) is 70.3 Å². The quantitative estimate of drug-likeness (QED) is 0.309. The van der Waals surface area contributed by atoms with E-state index in [9.17, 15) is 9.59 Å². The summed E-state index contributed by atoms with van der Waals surface area (Å²) in [5, 5.41) is 8.58. The van der Waals surface area contributed by atoms with Crippen molar-refractivity contribution in [3.05, 3.63) is 30.1 Å². The van der Waals surface area contributed by atoms with Crippen LogP contribution >= 0.6 is 0 Å². The number of Topliss-reactive ketones (excluding diaryl/α,β-unsaturated/α-hetero) is 1. The van der Waals surface area contributed by atoms with E-state index in [1.165, 1.54) is 44.9 Å². The van der Waals surface area contributed by atoms with E-state index in [0.717, 1.165) is 48.7 Å². The Hall–Kier alpha value is -2.17. The van der Waals surface area contributed by atoms with Gasteiger partial charge in [0.15, 0.2) is 0 Å². The average molecular weight is 401 g/mol. The van der Waals surface area contributed by atoms with Gasteiger partial charge in [0.25, 0.3) is 0 Å². The summed E-state index contributed by atoms with van der Waals surface area (Å²) in [5.41, 5.74) is 3.00. The maximum Gasteiger partial charge on any atom is 0.303 e. The summed E-state index contributed by atoms with van der Waals surface area (Å²) in [4.78, 5) is 29.9. The maximum atomic E-state index is 12.2. The van der Waals surface area contributed by atoms with Gasteiger partial charge in [0, 0.05) is 19.3 Å². The summed E-state index contributed by atoms with van der Waals surface area (Å²) in [6.45, 7) is 0. The van der Waals surface area contributed by atoms with Crippen LogP contribution in [0.1, 0.15) is 95.5 Å². The van der Waals surface area contributed by atoms with Crippen LogP contribution in [0.4, 0.5) is 0 Å². The van der Waals surface area contributed by atoms with Crippen LogP contribution in [0.5, 0.6) is 0 Å². The molecule has 5 nitrogen and oxygen atoms in total. The molecular formula is C24H36N2O3. The number of aliphatic carboxylic acids is 1. The third kappa shape index (κ3) is 10.2. The number of aromatic amines is 1. The lowest BCUT2D eigenvalue weighted by atomic mass is 10.0. The molecule has 0 saturated heterocycles. The van der Waals surface area contributed by atoms with Crippen molar-refractivity contribution in [2.45, 2.75) is 96.3 Å². The molecule has 1 aromatic heterocycles. The van der Waals surface area contributed by atoms with Crippen molar-refractivity contribution >= 4 is 22.8 Å². The van der Waals surface area contributed by atoms with Crippen LogP contribution in [0, 0.1) is 0 Å². The van der Waals surface area contributed by atoms with E-state index in [1.54, 1.807) is 6.33 Å². The number of carboxylic acids is 1. The Labute approximate surface area is 174 Å². The fourth-order valence-electron chi connectivity index (χ4n) is 3.77. The predicted octanol–water partition coefficient (Wildman–Crippen LogP) is 6.22. The van der Waals surface area contributed by atoms with E-state index in [-0.39, 0.29) is 0 Å². The van der Waals surface area contributed by atoms with Crippen LogP contribution < -0.4 is 0 Å². The van der Waals surface area contributed by atoms with Crippen LogP contribution in [0.15, 0.2) is 24.5 Å². The Morgan fingerprint density at radius 1 is 0.793 bits per heavy atom. The molecule has 0 unspecified atom stereocenters. The predicted molar refractivity (Wildman–Crippen MR) is 117 cm³/mol. The summed E-state index contributed by atoms with van der Waals surface area (Å²) in [5.74, 6) is -0.353. The lowest BCUT2D eigenvalue weighted by Gasteiger charge is -2.04. The van der Waals surface area contributed by atoms with Crippen LogP contribution in [0.3, 0.4) is 0 Å². The zero-order valence-corrected chi connectivity index (χ0v) is 17.6. The number of ketones is 1. The number of carbonyl (C=O) groups excluding carboxylic acids is 1. The third-order valence-corrected chi connectivity index (χ3v) is 5.48. The summed E-state index contributed by atoms with van der Waals surface area (Å²) in [7, 11) is 0. The molecule has 160 valence electrons. The minimum Gasteiger partial charge on any atom is -0.481 e. The van der Waals surface area contributed by atoms with Gasteiger partial charge < -0.3 is 10.1 Å². The number of carboxylic acid groups (broad SMARTS) is 1. The summed E-state index contributed by atoms with van der Waals surface area (Å²) in [6.07, 6.45) is 17.2. The Balaban J connectivity index is 1.37. The minimum atomic E-state index is -0.679. The van der Waals surface area contributed by atoms with Crippen molar-refractivity contribution in [1.29, 1.82) is 0 Å². The van der Waals surface area contributed by atoms with Gasteiger partial charge in [0.2, 0.25) is 0 Å². The van der Waals surface area contributed by atoms with Gasteiger partial charge in [0.1, 0.15) is 5.78 Å². The first kappa shape index (κ1) is 23.1. The van der Waals surface area contributed by atoms with Crippen LogP contribution in [-0.2, 0) is 16.0 Å². The molecule has 0 aliphatic heterocycles. The highest BCUT2D eigenvalue weighted by Crippen LogP contribution is 2.15. The zero-order chi connectivity index (χ0) is 20.7. The zero-order valence-electron chi connectivity index (χ0n) is 17.6. The smallest absolute Gasteiger partial charge is 0.303 e. The molecule has 2 aromatic rings. The number of fused-ring (bicyclic) bond motifs is 1. The Morgan fingerprint density at radius 2 is 1.34 bits per heavy atom. The minimum absolute atomic E-state index is 0.312. The Kier molecular flexibility index (Phi) is 11.1. The summed E-state index contributed by atoms with van der Waals surface area (Å²) >= 11 is 0. The highest BCUT2D eigenvalue weighted by molar-refractivity contribution is 5.83. The number of unbranched alkanes of at least 4 members (excludes halogenated alkanes) is 11. The van der Waals surface area contributed by atoms with E-state index in [1.807, 2.05) is 18.2 Å². The van der Waals surface area contributed by atoms with Crippen molar-refractivity contribution in [2.24, 2.45) is 0 Å². The van der Waals surface area contributed by atoms with Crippen molar-refractivity contribution < 1.29 is 14.7 Å². The molecule has 0 aliphatic carbocycles. The number of rotatable bonds is 17. The first-order valence-electron chi connectivity index (χ1n) is 11.3. The Morgan fingerprint density at radius 3 is 1.93 bits per heavy atom. The highest BCUT2D eigenvalue weighted by Gasteiger charge is 2.05. The fourth-order valence-corrected chi connectivity index (χ4v) is 3.77. The number of nitrogens with zero attached hydrogens (tertiary/aromatic N) is 1. The highest BCUT2D eigenvalue weighted by atomic mass is 16.4.